The number of nitrogens with one attached hydrogen (secondary N) is 2. The standard InChI is InChI=1S/C10H22N2O2S/c1-4-6-7-10(3)11-8-9-12-15(13,14)5-2/h4,10-12H,1,5-9H2,2-3H3. The van der Waals surface area contributed by atoms with E-state index in [4.69, 9.17) is 0 Å². The van der Waals surface area contributed by atoms with Crippen molar-refractivity contribution >= 4 is 10.0 Å². The van der Waals surface area contributed by atoms with Gasteiger partial charge in [0.25, 0.3) is 0 Å². The molecule has 0 fully saturated rings. The lowest BCUT2D eigenvalue weighted by molar-refractivity contribution is 0.515. The molecule has 0 saturated heterocycles. The van der Waals surface area contributed by atoms with Crippen LogP contribution in [0.5, 0.6) is 0 Å². The maximum Gasteiger partial charge on any atom is 0.211 e. The predicted octanol–water partition coefficient (Wildman–Crippen LogP) is 0.870. The van der Waals surface area contributed by atoms with Gasteiger partial charge >= 0.3 is 0 Å². The fraction of sp³-hybridized carbons (Fsp3) is 0.800. The molecule has 0 amide bonds. The molecular weight excluding hydrogens is 212 g/mol. The van der Waals surface area contributed by atoms with Crippen molar-refractivity contribution < 1.29 is 8.42 Å². The molecule has 0 rings (SSSR count). The molecule has 2 N–H and O–H groups in total. The second-order valence-electron chi connectivity index (χ2n) is 3.52. The largest absolute Gasteiger partial charge is 0.313 e. The molecule has 5 heteroatoms. The Hall–Kier alpha value is -0.390. The van der Waals surface area contributed by atoms with Crippen molar-refractivity contribution in [2.75, 3.05) is 18.8 Å². The molecule has 0 aromatic heterocycles. The Balaban J connectivity index is 3.50. The monoisotopic (exact) mass is 234 g/mol. The van der Waals surface area contributed by atoms with E-state index < -0.39 is 10.0 Å². The van der Waals surface area contributed by atoms with Gasteiger partial charge in [-0.1, -0.05) is 6.08 Å². The van der Waals surface area contributed by atoms with E-state index in [2.05, 4.69) is 23.5 Å². The number of sulfonamides is 1. The van der Waals surface area contributed by atoms with Crippen LogP contribution in [0.3, 0.4) is 0 Å². The maximum atomic E-state index is 11.1. The summed E-state index contributed by atoms with van der Waals surface area (Å²) in [4.78, 5) is 0. The third-order valence-electron chi connectivity index (χ3n) is 2.12. The van der Waals surface area contributed by atoms with E-state index in [1.54, 1.807) is 6.92 Å². The summed E-state index contributed by atoms with van der Waals surface area (Å²) in [5.74, 6) is 0.138. The Morgan fingerprint density at radius 2 is 2.07 bits per heavy atom. The Bertz CT molecular complexity index is 263. The van der Waals surface area contributed by atoms with Crippen molar-refractivity contribution in [3.05, 3.63) is 12.7 Å². The fourth-order valence-corrected chi connectivity index (χ4v) is 1.71. The van der Waals surface area contributed by atoms with Gasteiger partial charge in [0.1, 0.15) is 0 Å². The average Bonchev–Trinajstić information content (AvgIpc) is 2.21. The van der Waals surface area contributed by atoms with E-state index in [-0.39, 0.29) is 5.75 Å². The van der Waals surface area contributed by atoms with Gasteiger partial charge in [-0.15, -0.1) is 6.58 Å². The van der Waals surface area contributed by atoms with Gasteiger partial charge in [-0.05, 0) is 26.7 Å². The van der Waals surface area contributed by atoms with Crippen LogP contribution in [0.15, 0.2) is 12.7 Å². The highest BCUT2D eigenvalue weighted by Crippen LogP contribution is 1.95. The van der Waals surface area contributed by atoms with Gasteiger partial charge in [0.2, 0.25) is 10.0 Å². The van der Waals surface area contributed by atoms with Crippen molar-refractivity contribution in [3.63, 3.8) is 0 Å². The van der Waals surface area contributed by atoms with E-state index in [1.807, 2.05) is 6.08 Å². The van der Waals surface area contributed by atoms with Gasteiger partial charge in [0.05, 0.1) is 5.75 Å². The first kappa shape index (κ1) is 14.6. The second-order valence-corrected chi connectivity index (χ2v) is 5.61. The summed E-state index contributed by atoms with van der Waals surface area (Å²) in [7, 11) is -3.04. The van der Waals surface area contributed by atoms with Crippen LogP contribution in [0.2, 0.25) is 0 Å². The van der Waals surface area contributed by atoms with Gasteiger partial charge in [0.15, 0.2) is 0 Å². The molecule has 90 valence electrons. The smallest absolute Gasteiger partial charge is 0.211 e. The van der Waals surface area contributed by atoms with E-state index in [0.29, 0.717) is 19.1 Å². The van der Waals surface area contributed by atoms with Crippen molar-refractivity contribution in [2.45, 2.75) is 32.7 Å². The second kappa shape index (κ2) is 7.84. The van der Waals surface area contributed by atoms with Crippen molar-refractivity contribution in [1.29, 1.82) is 0 Å². The molecule has 0 aliphatic carbocycles. The van der Waals surface area contributed by atoms with Crippen LogP contribution in [0.1, 0.15) is 26.7 Å². The zero-order chi connectivity index (χ0) is 11.7. The zero-order valence-corrected chi connectivity index (χ0v) is 10.4. The zero-order valence-electron chi connectivity index (χ0n) is 9.62. The third kappa shape index (κ3) is 8.59. The first-order valence-electron chi connectivity index (χ1n) is 5.33. The van der Waals surface area contributed by atoms with E-state index in [0.717, 1.165) is 12.8 Å². The predicted molar refractivity (Wildman–Crippen MR) is 64.4 cm³/mol. The minimum atomic E-state index is -3.04. The lowest BCUT2D eigenvalue weighted by Gasteiger charge is -2.12. The topological polar surface area (TPSA) is 58.2 Å². The van der Waals surface area contributed by atoms with Crippen LogP contribution < -0.4 is 10.0 Å². The van der Waals surface area contributed by atoms with Gasteiger partial charge < -0.3 is 5.32 Å². The molecular formula is C10H22N2O2S. The number of rotatable bonds is 9. The molecule has 0 aromatic rings. The first-order valence-corrected chi connectivity index (χ1v) is 6.98. The fourth-order valence-electron chi connectivity index (χ4n) is 1.10. The van der Waals surface area contributed by atoms with Gasteiger partial charge in [-0.3, -0.25) is 0 Å². The summed E-state index contributed by atoms with van der Waals surface area (Å²) in [5.41, 5.74) is 0. The molecule has 0 heterocycles. The van der Waals surface area contributed by atoms with Gasteiger partial charge in [-0.2, -0.15) is 0 Å². The Morgan fingerprint density at radius 1 is 1.40 bits per heavy atom. The SMILES string of the molecule is C=CCCC(C)NCCNS(=O)(=O)CC. The summed E-state index contributed by atoms with van der Waals surface area (Å²) in [6.07, 6.45) is 3.90. The molecule has 0 radical (unpaired) electrons. The Labute approximate surface area is 93.2 Å². The average molecular weight is 234 g/mol. The molecule has 0 bridgehead atoms. The van der Waals surface area contributed by atoms with Crippen LogP contribution in [0.25, 0.3) is 0 Å². The van der Waals surface area contributed by atoms with Gasteiger partial charge in [0, 0.05) is 19.1 Å². The molecule has 0 aromatic carbocycles. The third-order valence-corrected chi connectivity index (χ3v) is 3.53. The van der Waals surface area contributed by atoms with Gasteiger partial charge in [-0.25, -0.2) is 13.1 Å². The maximum absolute atomic E-state index is 11.1. The summed E-state index contributed by atoms with van der Waals surface area (Å²) >= 11 is 0. The molecule has 1 atom stereocenters. The minimum absolute atomic E-state index is 0.138. The Kier molecular flexibility index (Phi) is 7.64. The summed E-state index contributed by atoms with van der Waals surface area (Å²) in [5, 5.41) is 3.24. The molecule has 0 aliphatic heterocycles. The molecule has 0 saturated carbocycles. The molecule has 0 spiro atoms. The number of allylic oxidation sites excluding steroid dienone is 1. The lowest BCUT2D eigenvalue weighted by atomic mass is 10.2. The molecule has 4 nitrogen and oxygen atoms in total. The quantitative estimate of drug-likeness (QED) is 0.460. The molecule has 1 unspecified atom stereocenters. The van der Waals surface area contributed by atoms with Crippen molar-refractivity contribution in [1.82, 2.24) is 10.0 Å². The number of hydrogen-bond acceptors (Lipinski definition) is 3. The Morgan fingerprint density at radius 3 is 2.60 bits per heavy atom. The van der Waals surface area contributed by atoms with Crippen molar-refractivity contribution in [2.24, 2.45) is 0 Å². The highest BCUT2D eigenvalue weighted by molar-refractivity contribution is 7.89. The van der Waals surface area contributed by atoms with E-state index in [9.17, 15) is 8.42 Å². The molecule has 15 heavy (non-hydrogen) atoms. The van der Waals surface area contributed by atoms with Crippen molar-refractivity contribution in [3.8, 4) is 0 Å². The normalized spacial score (nSPS) is 13.7. The van der Waals surface area contributed by atoms with E-state index in [1.165, 1.54) is 0 Å². The minimum Gasteiger partial charge on any atom is -0.313 e. The lowest BCUT2D eigenvalue weighted by Crippen LogP contribution is -2.36. The van der Waals surface area contributed by atoms with E-state index >= 15 is 0 Å². The van der Waals surface area contributed by atoms with Crippen LogP contribution in [0.4, 0.5) is 0 Å². The van der Waals surface area contributed by atoms with Crippen LogP contribution in [0, 0.1) is 0 Å². The van der Waals surface area contributed by atoms with Crippen LogP contribution >= 0.6 is 0 Å². The highest BCUT2D eigenvalue weighted by Gasteiger charge is 2.05. The summed E-state index contributed by atoms with van der Waals surface area (Å²) in [6, 6.07) is 0.397. The highest BCUT2D eigenvalue weighted by atomic mass is 32.2. The van der Waals surface area contributed by atoms with Crippen LogP contribution in [-0.4, -0.2) is 33.3 Å². The first-order chi connectivity index (χ1) is 7.02. The van der Waals surface area contributed by atoms with Crippen LogP contribution in [-0.2, 0) is 10.0 Å². The summed E-state index contributed by atoms with van der Waals surface area (Å²) < 4.78 is 24.6. The summed E-state index contributed by atoms with van der Waals surface area (Å²) in [6.45, 7) is 8.48. The number of hydrogen-bond donors (Lipinski definition) is 2. The molecule has 0 aliphatic rings.